The number of likely N-dealkylation sites (tertiary alicyclic amines) is 1. The van der Waals surface area contributed by atoms with Gasteiger partial charge in [0.2, 0.25) is 0 Å². The van der Waals surface area contributed by atoms with Gasteiger partial charge in [0.1, 0.15) is 5.60 Å². The van der Waals surface area contributed by atoms with Crippen molar-refractivity contribution in [2.24, 2.45) is 5.41 Å². The number of nitrogens with zero attached hydrogens (tertiary/aromatic N) is 2. The minimum Gasteiger partial charge on any atom is -0.444 e. The second-order valence-corrected chi connectivity index (χ2v) is 8.51. The molecule has 1 amide bonds. The Labute approximate surface area is 150 Å². The van der Waals surface area contributed by atoms with Crippen LogP contribution in [0.15, 0.2) is 24.3 Å². The van der Waals surface area contributed by atoms with Crippen LogP contribution in [-0.4, -0.2) is 29.7 Å². The van der Waals surface area contributed by atoms with Crippen LogP contribution in [0.25, 0.3) is 0 Å². The molecule has 1 saturated heterocycles. The molecule has 2 aliphatic rings. The molecule has 0 unspecified atom stereocenters. The molecule has 4 nitrogen and oxygen atoms in total. The summed E-state index contributed by atoms with van der Waals surface area (Å²) in [6, 6.07) is 11.1. The molecule has 1 heterocycles. The van der Waals surface area contributed by atoms with Crippen LogP contribution < -0.4 is 0 Å². The molecular weight excluding hydrogens is 312 g/mol. The molecular formula is C21H28N2O2. The number of carbonyl (C=O) groups is 1. The first-order valence-electron chi connectivity index (χ1n) is 9.29. The summed E-state index contributed by atoms with van der Waals surface area (Å²) >= 11 is 0. The molecule has 1 aromatic carbocycles. The molecule has 0 radical (unpaired) electrons. The van der Waals surface area contributed by atoms with E-state index in [9.17, 15) is 10.1 Å². The molecule has 1 aliphatic carbocycles. The predicted molar refractivity (Wildman–Crippen MR) is 97.2 cm³/mol. The zero-order valence-corrected chi connectivity index (χ0v) is 15.5. The molecule has 134 valence electrons. The van der Waals surface area contributed by atoms with Crippen LogP contribution in [0, 0.1) is 16.7 Å². The fourth-order valence-electron chi connectivity index (χ4n) is 3.62. The molecule has 1 aliphatic heterocycles. The van der Waals surface area contributed by atoms with Crippen molar-refractivity contribution in [2.75, 3.05) is 13.1 Å². The Morgan fingerprint density at radius 3 is 2.48 bits per heavy atom. The first-order chi connectivity index (χ1) is 11.8. The highest BCUT2D eigenvalue weighted by Crippen LogP contribution is 2.44. The van der Waals surface area contributed by atoms with E-state index < -0.39 is 5.60 Å². The second kappa shape index (κ2) is 6.71. The lowest BCUT2D eigenvalue weighted by atomic mass is 9.74. The van der Waals surface area contributed by atoms with Crippen LogP contribution in [0.2, 0.25) is 0 Å². The zero-order chi connectivity index (χ0) is 18.1. The number of carbonyl (C=O) groups excluding carboxylic acids is 1. The van der Waals surface area contributed by atoms with Gasteiger partial charge in [0.25, 0.3) is 0 Å². The van der Waals surface area contributed by atoms with E-state index in [0.717, 1.165) is 6.42 Å². The molecule has 0 bridgehead atoms. The van der Waals surface area contributed by atoms with Crippen LogP contribution >= 0.6 is 0 Å². The Kier molecular flexibility index (Phi) is 4.77. The maximum Gasteiger partial charge on any atom is 0.410 e. The number of hydrogen-bond acceptors (Lipinski definition) is 3. The molecule has 0 spiro atoms. The molecule has 2 fully saturated rings. The Bertz CT molecular complexity index is 672. The first-order valence-corrected chi connectivity index (χ1v) is 9.29. The van der Waals surface area contributed by atoms with E-state index in [-0.39, 0.29) is 11.5 Å². The maximum atomic E-state index is 12.2. The van der Waals surface area contributed by atoms with Crippen molar-refractivity contribution in [3.8, 4) is 6.07 Å². The van der Waals surface area contributed by atoms with Gasteiger partial charge in [-0.2, -0.15) is 5.26 Å². The number of nitriles is 1. The van der Waals surface area contributed by atoms with Gasteiger partial charge in [-0.15, -0.1) is 0 Å². The molecule has 0 N–H and O–H groups in total. The first kappa shape index (κ1) is 17.8. The topological polar surface area (TPSA) is 53.3 Å². The standard InChI is InChI=1S/C21H28N2O2/c1-20(2,3)25-19(24)23-12-10-21(15-22,11-13-23)14-17-6-4-5-7-18(17)16-8-9-16/h4-7,16H,8-14H2,1-3H3. The summed E-state index contributed by atoms with van der Waals surface area (Å²) < 4.78 is 5.46. The molecule has 0 atom stereocenters. The molecule has 3 rings (SSSR count). The lowest BCUT2D eigenvalue weighted by molar-refractivity contribution is 0.0148. The van der Waals surface area contributed by atoms with Crippen molar-refractivity contribution in [1.82, 2.24) is 4.90 Å². The van der Waals surface area contributed by atoms with E-state index >= 15 is 0 Å². The Hall–Kier alpha value is -2.02. The van der Waals surface area contributed by atoms with Gasteiger partial charge < -0.3 is 9.64 Å². The van der Waals surface area contributed by atoms with Crippen LogP contribution in [0.4, 0.5) is 4.79 Å². The number of hydrogen-bond donors (Lipinski definition) is 0. The van der Waals surface area contributed by atoms with Gasteiger partial charge in [-0.1, -0.05) is 24.3 Å². The van der Waals surface area contributed by atoms with Crippen molar-refractivity contribution in [3.63, 3.8) is 0 Å². The van der Waals surface area contributed by atoms with Crippen LogP contribution in [0.5, 0.6) is 0 Å². The number of benzene rings is 1. The highest BCUT2D eigenvalue weighted by atomic mass is 16.6. The van der Waals surface area contributed by atoms with Crippen molar-refractivity contribution in [2.45, 2.75) is 64.4 Å². The number of piperidine rings is 1. The van der Waals surface area contributed by atoms with E-state index in [0.29, 0.717) is 31.8 Å². The van der Waals surface area contributed by atoms with E-state index in [1.807, 2.05) is 20.8 Å². The summed E-state index contributed by atoms with van der Waals surface area (Å²) in [5.74, 6) is 0.689. The van der Waals surface area contributed by atoms with E-state index in [1.54, 1.807) is 4.90 Å². The summed E-state index contributed by atoms with van der Waals surface area (Å²) in [5, 5.41) is 9.87. The fraction of sp³-hybridized carbons (Fsp3) is 0.619. The fourth-order valence-corrected chi connectivity index (χ4v) is 3.62. The van der Waals surface area contributed by atoms with Crippen molar-refractivity contribution < 1.29 is 9.53 Å². The Morgan fingerprint density at radius 2 is 1.92 bits per heavy atom. The maximum absolute atomic E-state index is 12.2. The third-order valence-corrected chi connectivity index (χ3v) is 5.21. The molecule has 4 heteroatoms. The van der Waals surface area contributed by atoms with Gasteiger partial charge in [0, 0.05) is 13.1 Å². The molecule has 1 saturated carbocycles. The largest absolute Gasteiger partial charge is 0.444 e. The van der Waals surface area contributed by atoms with Crippen LogP contribution in [-0.2, 0) is 11.2 Å². The third-order valence-electron chi connectivity index (χ3n) is 5.21. The SMILES string of the molecule is CC(C)(C)OC(=O)N1CCC(C#N)(Cc2ccccc2C2CC2)CC1. The van der Waals surface area contributed by atoms with E-state index in [1.165, 1.54) is 24.0 Å². The normalized spacial score (nSPS) is 20.0. The molecule has 1 aromatic rings. The van der Waals surface area contributed by atoms with Gasteiger partial charge in [-0.05, 0) is 69.9 Å². The average molecular weight is 340 g/mol. The number of rotatable bonds is 3. The average Bonchev–Trinajstić information content (AvgIpc) is 3.39. The lowest BCUT2D eigenvalue weighted by Crippen LogP contribution is -2.45. The molecule has 25 heavy (non-hydrogen) atoms. The smallest absolute Gasteiger partial charge is 0.410 e. The highest BCUT2D eigenvalue weighted by Gasteiger charge is 2.38. The summed E-state index contributed by atoms with van der Waals surface area (Å²) in [4.78, 5) is 14.0. The summed E-state index contributed by atoms with van der Waals surface area (Å²) in [6.07, 6.45) is 4.48. The second-order valence-electron chi connectivity index (χ2n) is 8.51. The number of ether oxygens (including phenoxy) is 1. The summed E-state index contributed by atoms with van der Waals surface area (Å²) in [7, 11) is 0. The third kappa shape index (κ3) is 4.34. The number of amides is 1. The van der Waals surface area contributed by atoms with Gasteiger partial charge in [-0.25, -0.2) is 4.79 Å². The highest BCUT2D eigenvalue weighted by molar-refractivity contribution is 5.68. The van der Waals surface area contributed by atoms with E-state index in [4.69, 9.17) is 4.74 Å². The van der Waals surface area contributed by atoms with Crippen LogP contribution in [0.3, 0.4) is 0 Å². The Balaban J connectivity index is 1.66. The molecule has 0 aromatic heterocycles. The van der Waals surface area contributed by atoms with E-state index in [2.05, 4.69) is 30.3 Å². The van der Waals surface area contributed by atoms with Crippen LogP contribution in [0.1, 0.15) is 63.5 Å². The van der Waals surface area contributed by atoms with Gasteiger partial charge in [0.15, 0.2) is 0 Å². The van der Waals surface area contributed by atoms with Gasteiger partial charge >= 0.3 is 6.09 Å². The van der Waals surface area contributed by atoms with Crippen molar-refractivity contribution >= 4 is 6.09 Å². The Morgan fingerprint density at radius 1 is 1.28 bits per heavy atom. The minimum atomic E-state index is -0.482. The summed E-state index contributed by atoms with van der Waals surface area (Å²) in [6.45, 7) is 6.82. The van der Waals surface area contributed by atoms with Crippen molar-refractivity contribution in [3.05, 3.63) is 35.4 Å². The van der Waals surface area contributed by atoms with Gasteiger partial charge in [0.05, 0.1) is 11.5 Å². The van der Waals surface area contributed by atoms with Crippen molar-refractivity contribution in [1.29, 1.82) is 5.26 Å². The minimum absolute atomic E-state index is 0.266. The van der Waals surface area contributed by atoms with Gasteiger partial charge in [-0.3, -0.25) is 0 Å². The lowest BCUT2D eigenvalue weighted by Gasteiger charge is -2.38. The quantitative estimate of drug-likeness (QED) is 0.805. The summed E-state index contributed by atoms with van der Waals surface area (Å²) in [5.41, 5.74) is 1.89. The predicted octanol–water partition coefficient (Wildman–Crippen LogP) is 4.65. The zero-order valence-electron chi connectivity index (χ0n) is 15.5. The monoisotopic (exact) mass is 340 g/mol.